The molecule has 2 aliphatic rings. The topological polar surface area (TPSA) is 79.0 Å². The average molecular weight is 347 g/mol. The van der Waals surface area contributed by atoms with Crippen LogP contribution in [-0.4, -0.2) is 65.7 Å². The summed E-state index contributed by atoms with van der Waals surface area (Å²) in [5.41, 5.74) is 7.94. The first-order valence-corrected chi connectivity index (χ1v) is 9.11. The molecule has 3 rings (SSSR count). The molecule has 1 aromatic rings. The summed E-state index contributed by atoms with van der Waals surface area (Å²) in [6, 6.07) is 5.33. The molecular weight excluding hydrogens is 318 g/mol. The number of fused-ring (bicyclic) bond motifs is 1. The van der Waals surface area contributed by atoms with Gasteiger partial charge in [0.2, 0.25) is 5.91 Å². The molecule has 6 nitrogen and oxygen atoms in total. The van der Waals surface area contributed by atoms with Gasteiger partial charge in [-0.05, 0) is 35.6 Å². The third kappa shape index (κ3) is 4.14. The number of primary amides is 1. The fraction of sp³-hybridized carbons (Fsp3) is 0.632. The number of hydrogen-bond donors (Lipinski definition) is 2. The summed E-state index contributed by atoms with van der Waals surface area (Å²) in [4.78, 5) is 16.8. The highest BCUT2D eigenvalue weighted by Gasteiger charge is 2.36. The Hall–Kier alpha value is -1.63. The van der Waals surface area contributed by atoms with Gasteiger partial charge < -0.3 is 15.6 Å². The van der Waals surface area contributed by atoms with Gasteiger partial charge in [0.1, 0.15) is 5.75 Å². The molecule has 0 bridgehead atoms. The van der Waals surface area contributed by atoms with Gasteiger partial charge >= 0.3 is 0 Å². The Morgan fingerprint density at radius 3 is 2.68 bits per heavy atom. The molecule has 0 radical (unpaired) electrons. The van der Waals surface area contributed by atoms with Crippen LogP contribution in [-0.2, 0) is 22.5 Å². The minimum absolute atomic E-state index is 0.228. The van der Waals surface area contributed by atoms with Crippen molar-refractivity contribution in [1.82, 2.24) is 9.80 Å². The van der Waals surface area contributed by atoms with Crippen LogP contribution >= 0.6 is 0 Å². The normalized spacial score (nSPS) is 23.4. The van der Waals surface area contributed by atoms with Crippen LogP contribution in [0.5, 0.6) is 5.75 Å². The molecule has 1 amide bonds. The predicted molar refractivity (Wildman–Crippen MR) is 96.2 cm³/mol. The number of benzene rings is 1. The van der Waals surface area contributed by atoms with Crippen molar-refractivity contribution in [3.8, 4) is 5.75 Å². The van der Waals surface area contributed by atoms with Gasteiger partial charge in [0.15, 0.2) is 0 Å². The quantitative estimate of drug-likeness (QED) is 0.829. The summed E-state index contributed by atoms with van der Waals surface area (Å²) in [6.07, 6.45) is 0.608. The fourth-order valence-corrected chi connectivity index (χ4v) is 3.95. The molecule has 1 fully saturated rings. The fourth-order valence-electron chi connectivity index (χ4n) is 3.95. The van der Waals surface area contributed by atoms with Gasteiger partial charge in [-0.15, -0.1) is 0 Å². The molecule has 0 saturated carbocycles. The smallest absolute Gasteiger partial charge is 0.235 e. The van der Waals surface area contributed by atoms with Crippen LogP contribution in [0.2, 0.25) is 0 Å². The zero-order valence-electron chi connectivity index (χ0n) is 15.1. The van der Waals surface area contributed by atoms with E-state index in [9.17, 15) is 9.90 Å². The standard InChI is InChI=1S/C19H29N3O3/c1-13(2)18(12-21-5-7-25-8-6-21)22-11-15-9-16(23)4-3-14(15)10-17(22)19(20)24/h3-4,9,13,17-18,23H,5-8,10-12H2,1-2H3,(H2,20,24)/t17-,18-/m1/s1. The second kappa shape index (κ2) is 7.72. The summed E-state index contributed by atoms with van der Waals surface area (Å²) >= 11 is 0. The number of rotatable bonds is 5. The van der Waals surface area contributed by atoms with E-state index < -0.39 is 0 Å². The number of ether oxygens (including phenoxy) is 1. The first-order chi connectivity index (χ1) is 12.0. The van der Waals surface area contributed by atoms with Crippen LogP contribution in [0.3, 0.4) is 0 Å². The number of carbonyl (C=O) groups is 1. The number of phenols is 1. The third-order valence-corrected chi connectivity index (χ3v) is 5.43. The highest BCUT2D eigenvalue weighted by Crippen LogP contribution is 2.30. The minimum Gasteiger partial charge on any atom is -0.508 e. The van der Waals surface area contributed by atoms with Crippen molar-refractivity contribution >= 4 is 5.91 Å². The average Bonchev–Trinajstić information content (AvgIpc) is 2.59. The number of amides is 1. The zero-order chi connectivity index (χ0) is 18.0. The minimum atomic E-state index is -0.300. The van der Waals surface area contributed by atoms with Gasteiger partial charge in [0, 0.05) is 32.2 Å². The molecule has 25 heavy (non-hydrogen) atoms. The van der Waals surface area contributed by atoms with Gasteiger partial charge in [0.05, 0.1) is 19.3 Å². The van der Waals surface area contributed by atoms with Crippen LogP contribution in [0.1, 0.15) is 25.0 Å². The molecule has 2 atom stereocenters. The molecule has 0 aromatic heterocycles. The van der Waals surface area contributed by atoms with Crippen molar-refractivity contribution in [2.45, 2.75) is 38.9 Å². The maximum atomic E-state index is 12.2. The first-order valence-electron chi connectivity index (χ1n) is 9.11. The van der Waals surface area contributed by atoms with Crippen molar-refractivity contribution in [2.75, 3.05) is 32.8 Å². The number of aromatic hydroxyl groups is 1. The molecule has 1 aromatic carbocycles. The molecular formula is C19H29N3O3. The summed E-state index contributed by atoms with van der Waals surface area (Å²) in [5.74, 6) is 0.389. The largest absolute Gasteiger partial charge is 0.508 e. The van der Waals surface area contributed by atoms with E-state index in [1.54, 1.807) is 6.07 Å². The van der Waals surface area contributed by atoms with E-state index >= 15 is 0 Å². The molecule has 0 unspecified atom stereocenters. The van der Waals surface area contributed by atoms with Crippen LogP contribution in [0.4, 0.5) is 0 Å². The number of phenolic OH excluding ortho intramolecular Hbond substituents is 1. The summed E-state index contributed by atoms with van der Waals surface area (Å²) in [6.45, 7) is 9.32. The number of carbonyl (C=O) groups excluding carboxylic acids is 1. The van der Waals surface area contributed by atoms with E-state index in [-0.39, 0.29) is 23.7 Å². The lowest BCUT2D eigenvalue weighted by atomic mass is 9.89. The summed E-state index contributed by atoms with van der Waals surface area (Å²) < 4.78 is 5.45. The van der Waals surface area contributed by atoms with Crippen molar-refractivity contribution < 1.29 is 14.6 Å². The van der Waals surface area contributed by atoms with Gasteiger partial charge in [-0.1, -0.05) is 19.9 Å². The molecule has 1 saturated heterocycles. The lowest BCUT2D eigenvalue weighted by molar-refractivity contribution is -0.125. The lowest BCUT2D eigenvalue weighted by Crippen LogP contribution is -2.58. The van der Waals surface area contributed by atoms with E-state index in [0.717, 1.165) is 44.0 Å². The Morgan fingerprint density at radius 2 is 2.04 bits per heavy atom. The molecule has 2 heterocycles. The van der Waals surface area contributed by atoms with Crippen LogP contribution in [0.25, 0.3) is 0 Å². The monoisotopic (exact) mass is 347 g/mol. The van der Waals surface area contributed by atoms with E-state index in [4.69, 9.17) is 10.5 Å². The SMILES string of the molecule is CC(C)[C@@H](CN1CCOCC1)N1Cc2cc(O)ccc2C[C@@H]1C(N)=O. The Balaban J connectivity index is 1.85. The first kappa shape index (κ1) is 18.2. The van der Waals surface area contributed by atoms with Crippen molar-refractivity contribution in [3.05, 3.63) is 29.3 Å². The van der Waals surface area contributed by atoms with E-state index in [0.29, 0.717) is 18.9 Å². The van der Waals surface area contributed by atoms with Crippen molar-refractivity contribution in [2.24, 2.45) is 11.7 Å². The van der Waals surface area contributed by atoms with Crippen LogP contribution in [0.15, 0.2) is 18.2 Å². The highest BCUT2D eigenvalue weighted by molar-refractivity contribution is 5.80. The predicted octanol–water partition coefficient (Wildman–Crippen LogP) is 0.961. The van der Waals surface area contributed by atoms with Crippen LogP contribution in [0, 0.1) is 5.92 Å². The molecule has 0 spiro atoms. The Morgan fingerprint density at radius 1 is 1.32 bits per heavy atom. The Bertz CT molecular complexity index is 614. The molecule has 0 aliphatic carbocycles. The van der Waals surface area contributed by atoms with Gasteiger partial charge in [-0.2, -0.15) is 0 Å². The second-order valence-corrected chi connectivity index (χ2v) is 7.47. The van der Waals surface area contributed by atoms with Crippen molar-refractivity contribution in [1.29, 1.82) is 0 Å². The molecule has 3 N–H and O–H groups in total. The van der Waals surface area contributed by atoms with Gasteiger partial charge in [0.25, 0.3) is 0 Å². The number of nitrogens with two attached hydrogens (primary N) is 1. The number of hydrogen-bond acceptors (Lipinski definition) is 5. The maximum Gasteiger partial charge on any atom is 0.235 e. The van der Waals surface area contributed by atoms with E-state index in [1.807, 2.05) is 12.1 Å². The number of nitrogens with zero attached hydrogens (tertiary/aromatic N) is 2. The van der Waals surface area contributed by atoms with E-state index in [2.05, 4.69) is 23.6 Å². The van der Waals surface area contributed by atoms with Gasteiger partial charge in [-0.25, -0.2) is 0 Å². The van der Waals surface area contributed by atoms with Crippen molar-refractivity contribution in [3.63, 3.8) is 0 Å². The highest BCUT2D eigenvalue weighted by atomic mass is 16.5. The Labute approximate surface area is 149 Å². The number of morpholine rings is 1. The summed E-state index contributed by atoms with van der Waals surface area (Å²) in [5, 5.41) is 9.83. The van der Waals surface area contributed by atoms with Gasteiger partial charge in [-0.3, -0.25) is 14.6 Å². The Kier molecular flexibility index (Phi) is 5.61. The molecule has 138 valence electrons. The summed E-state index contributed by atoms with van der Waals surface area (Å²) in [7, 11) is 0. The second-order valence-electron chi connectivity index (χ2n) is 7.47. The molecule has 2 aliphatic heterocycles. The van der Waals surface area contributed by atoms with Crippen LogP contribution < -0.4 is 5.73 Å². The van der Waals surface area contributed by atoms with E-state index in [1.165, 1.54) is 0 Å². The maximum absolute atomic E-state index is 12.2. The third-order valence-electron chi connectivity index (χ3n) is 5.43. The molecule has 6 heteroatoms. The zero-order valence-corrected chi connectivity index (χ0v) is 15.1. The lowest BCUT2D eigenvalue weighted by Gasteiger charge is -2.44.